The third-order valence-corrected chi connectivity index (χ3v) is 4.36. The third kappa shape index (κ3) is 3.11. The fourth-order valence-corrected chi connectivity index (χ4v) is 2.86. The molecule has 0 saturated carbocycles. The minimum absolute atomic E-state index is 0.00678. The number of nitrogens with one attached hydrogen (secondary N) is 1. The lowest BCUT2D eigenvalue weighted by Crippen LogP contribution is -2.47. The van der Waals surface area contributed by atoms with Crippen LogP contribution in [-0.2, 0) is 10.4 Å². The first kappa shape index (κ1) is 16.5. The van der Waals surface area contributed by atoms with Crippen molar-refractivity contribution in [2.45, 2.75) is 18.6 Å². The van der Waals surface area contributed by atoms with E-state index in [4.69, 9.17) is 13.9 Å². The van der Waals surface area contributed by atoms with Crippen molar-refractivity contribution in [3.63, 3.8) is 0 Å². The smallest absolute Gasteiger partial charge is 0.264 e. The van der Waals surface area contributed by atoms with Gasteiger partial charge < -0.3 is 24.3 Å². The van der Waals surface area contributed by atoms with Crippen LogP contribution in [0.4, 0.5) is 0 Å². The van der Waals surface area contributed by atoms with Gasteiger partial charge in [0.1, 0.15) is 23.6 Å². The quantitative estimate of drug-likeness (QED) is 0.754. The number of hydrogen-bond donors (Lipinski definition) is 2. The van der Waals surface area contributed by atoms with E-state index in [1.807, 2.05) is 36.4 Å². The van der Waals surface area contributed by atoms with Crippen LogP contribution in [0.15, 0.2) is 59.0 Å². The summed E-state index contributed by atoms with van der Waals surface area (Å²) in [6.07, 6.45) is -0.767. The topological polar surface area (TPSA) is 80.9 Å². The molecule has 1 aromatic heterocycles. The molecule has 1 amide bonds. The van der Waals surface area contributed by atoms with E-state index in [1.165, 1.54) is 0 Å². The molecule has 2 unspecified atom stereocenters. The number of carbonyl (C=O) groups is 1. The van der Waals surface area contributed by atoms with Crippen LogP contribution < -0.4 is 14.8 Å². The van der Waals surface area contributed by atoms with Gasteiger partial charge in [0.15, 0.2) is 11.5 Å². The predicted octanol–water partition coefficient (Wildman–Crippen LogP) is 2.60. The maximum atomic E-state index is 12.4. The molecule has 2 atom stereocenters. The highest BCUT2D eigenvalue weighted by molar-refractivity contribution is 5.82. The largest absolute Gasteiger partial charge is 0.485 e. The van der Waals surface area contributed by atoms with E-state index in [9.17, 15) is 9.90 Å². The van der Waals surface area contributed by atoms with E-state index in [0.29, 0.717) is 22.8 Å². The number of rotatable bonds is 4. The Kier molecular flexibility index (Phi) is 4.05. The van der Waals surface area contributed by atoms with E-state index in [0.717, 1.165) is 5.39 Å². The van der Waals surface area contributed by atoms with Crippen LogP contribution in [0.3, 0.4) is 0 Å². The Morgan fingerprint density at radius 2 is 1.92 bits per heavy atom. The second kappa shape index (κ2) is 6.38. The molecule has 0 bridgehead atoms. The maximum absolute atomic E-state index is 12.4. The third-order valence-electron chi connectivity index (χ3n) is 4.36. The Morgan fingerprint density at radius 3 is 2.73 bits per heavy atom. The summed E-state index contributed by atoms with van der Waals surface area (Å²) < 4.78 is 16.9. The van der Waals surface area contributed by atoms with Crippen molar-refractivity contribution < 1.29 is 23.8 Å². The summed E-state index contributed by atoms with van der Waals surface area (Å²) in [6, 6.07) is 16.5. The molecule has 26 heavy (non-hydrogen) atoms. The van der Waals surface area contributed by atoms with E-state index < -0.39 is 11.7 Å². The highest BCUT2D eigenvalue weighted by Crippen LogP contribution is 2.31. The van der Waals surface area contributed by atoms with Crippen molar-refractivity contribution in [1.29, 1.82) is 0 Å². The summed E-state index contributed by atoms with van der Waals surface area (Å²) >= 11 is 0. The molecule has 6 heteroatoms. The zero-order chi connectivity index (χ0) is 18.1. The lowest BCUT2D eigenvalue weighted by molar-refractivity contribution is -0.131. The van der Waals surface area contributed by atoms with Gasteiger partial charge in [-0.05, 0) is 31.2 Å². The predicted molar refractivity (Wildman–Crippen MR) is 95.1 cm³/mol. The van der Waals surface area contributed by atoms with Crippen molar-refractivity contribution in [3.8, 4) is 11.5 Å². The maximum Gasteiger partial charge on any atom is 0.264 e. The second-order valence-corrected chi connectivity index (χ2v) is 6.50. The van der Waals surface area contributed by atoms with E-state index in [2.05, 4.69) is 5.32 Å². The minimum Gasteiger partial charge on any atom is -0.485 e. The minimum atomic E-state index is -1.35. The van der Waals surface area contributed by atoms with Crippen molar-refractivity contribution in [1.82, 2.24) is 5.32 Å². The van der Waals surface area contributed by atoms with Crippen LogP contribution in [0.1, 0.15) is 12.7 Å². The van der Waals surface area contributed by atoms with Crippen molar-refractivity contribution in [2.24, 2.45) is 0 Å². The molecular weight excluding hydrogens is 334 g/mol. The zero-order valence-corrected chi connectivity index (χ0v) is 14.3. The Labute approximate surface area is 150 Å². The van der Waals surface area contributed by atoms with E-state index in [-0.39, 0.29) is 19.1 Å². The lowest BCUT2D eigenvalue weighted by Gasteiger charge is -2.27. The van der Waals surface area contributed by atoms with Crippen LogP contribution in [0, 0.1) is 0 Å². The number of fused-ring (bicyclic) bond motifs is 2. The molecule has 4 rings (SSSR count). The molecule has 0 saturated heterocycles. The molecule has 3 aromatic rings. The first-order valence-corrected chi connectivity index (χ1v) is 8.40. The molecule has 6 nitrogen and oxygen atoms in total. The molecular formula is C20H19NO5. The Morgan fingerprint density at radius 1 is 1.19 bits per heavy atom. The molecule has 0 spiro atoms. The van der Waals surface area contributed by atoms with Gasteiger partial charge in [0.25, 0.3) is 5.91 Å². The summed E-state index contributed by atoms with van der Waals surface area (Å²) in [5.41, 5.74) is -0.656. The van der Waals surface area contributed by atoms with Crippen molar-refractivity contribution in [3.05, 3.63) is 60.4 Å². The summed E-state index contributed by atoms with van der Waals surface area (Å²) in [7, 11) is 0. The fourth-order valence-electron chi connectivity index (χ4n) is 2.86. The first-order chi connectivity index (χ1) is 12.5. The lowest BCUT2D eigenvalue weighted by atomic mass is 10.0. The van der Waals surface area contributed by atoms with Crippen LogP contribution in [0.25, 0.3) is 11.0 Å². The Balaban J connectivity index is 1.42. The molecule has 1 aliphatic heterocycles. The Bertz CT molecular complexity index is 913. The summed E-state index contributed by atoms with van der Waals surface area (Å²) in [6.45, 7) is 1.71. The average molecular weight is 353 g/mol. The molecule has 2 N–H and O–H groups in total. The molecule has 1 aliphatic rings. The number of benzene rings is 2. The second-order valence-electron chi connectivity index (χ2n) is 6.50. The van der Waals surface area contributed by atoms with Crippen LogP contribution in [0.5, 0.6) is 11.5 Å². The normalized spacial score (nSPS) is 18.3. The fraction of sp³-hybridized carbons (Fsp3) is 0.250. The molecule has 0 fully saturated rings. The summed E-state index contributed by atoms with van der Waals surface area (Å²) in [4.78, 5) is 12.4. The number of aliphatic hydroxyl groups is 1. The average Bonchev–Trinajstić information content (AvgIpc) is 3.11. The van der Waals surface area contributed by atoms with Gasteiger partial charge in [-0.25, -0.2) is 0 Å². The number of para-hydroxylation sites is 3. The highest BCUT2D eigenvalue weighted by Gasteiger charge is 2.32. The standard InChI is InChI=1S/C20H19NO5/c1-20(23,18-10-13-6-2-3-7-14(13)26-18)12-21-19(22)17-11-24-15-8-4-5-9-16(15)25-17/h2-10,17,23H,11-12H2,1H3,(H,21,22). The van der Waals surface area contributed by atoms with Crippen molar-refractivity contribution >= 4 is 16.9 Å². The molecule has 134 valence electrons. The van der Waals surface area contributed by atoms with E-state index >= 15 is 0 Å². The highest BCUT2D eigenvalue weighted by atomic mass is 16.6. The van der Waals surface area contributed by atoms with Crippen LogP contribution >= 0.6 is 0 Å². The first-order valence-electron chi connectivity index (χ1n) is 8.40. The van der Waals surface area contributed by atoms with Gasteiger partial charge in [-0.1, -0.05) is 30.3 Å². The van der Waals surface area contributed by atoms with Gasteiger partial charge in [0.05, 0.1) is 6.54 Å². The molecule has 2 heterocycles. The monoisotopic (exact) mass is 353 g/mol. The van der Waals surface area contributed by atoms with Gasteiger partial charge in [-0.3, -0.25) is 4.79 Å². The van der Waals surface area contributed by atoms with Gasteiger partial charge >= 0.3 is 0 Å². The van der Waals surface area contributed by atoms with Gasteiger partial charge in [-0.15, -0.1) is 0 Å². The SMILES string of the molecule is CC(O)(CNC(=O)C1COc2ccccc2O1)c1cc2ccccc2o1. The van der Waals surface area contributed by atoms with E-state index in [1.54, 1.807) is 25.1 Å². The van der Waals surface area contributed by atoms with Crippen LogP contribution in [-0.4, -0.2) is 30.3 Å². The zero-order valence-electron chi connectivity index (χ0n) is 14.3. The van der Waals surface area contributed by atoms with Crippen molar-refractivity contribution in [2.75, 3.05) is 13.2 Å². The number of carbonyl (C=O) groups excluding carboxylic acids is 1. The summed E-state index contributed by atoms with van der Waals surface area (Å²) in [5, 5.41) is 14.3. The van der Waals surface area contributed by atoms with Crippen LogP contribution in [0.2, 0.25) is 0 Å². The number of ether oxygens (including phenoxy) is 2. The van der Waals surface area contributed by atoms with Gasteiger partial charge in [0, 0.05) is 5.39 Å². The summed E-state index contributed by atoms with van der Waals surface area (Å²) in [5.74, 6) is 1.19. The Hall–Kier alpha value is -2.99. The van der Waals surface area contributed by atoms with Gasteiger partial charge in [-0.2, -0.15) is 0 Å². The molecule has 2 aromatic carbocycles. The number of furan rings is 1. The number of hydrogen-bond acceptors (Lipinski definition) is 5. The molecule has 0 radical (unpaired) electrons. The van der Waals surface area contributed by atoms with Gasteiger partial charge in [0.2, 0.25) is 6.10 Å². The molecule has 0 aliphatic carbocycles. The number of amides is 1.